The summed E-state index contributed by atoms with van der Waals surface area (Å²) in [7, 11) is 0. The number of carbonyl (C=O) groups is 1. The van der Waals surface area contributed by atoms with Gasteiger partial charge in [0.15, 0.2) is 0 Å². The number of aliphatic hydroxyl groups is 1. The highest BCUT2D eigenvalue weighted by Gasteiger charge is 2.30. The molecule has 0 aromatic heterocycles. The molecule has 4 heteroatoms. The molecular formula is C19H22N2O2. The highest BCUT2D eigenvalue weighted by molar-refractivity contribution is 5.79. The maximum atomic E-state index is 12.4. The number of hydrogen-bond donors (Lipinski definition) is 1. The Hall–Kier alpha value is -2.17. The fourth-order valence-electron chi connectivity index (χ4n) is 2.97. The Morgan fingerprint density at radius 1 is 0.957 bits per heavy atom. The van der Waals surface area contributed by atoms with Gasteiger partial charge in [-0.1, -0.05) is 60.7 Å². The van der Waals surface area contributed by atoms with E-state index in [9.17, 15) is 9.90 Å². The molecule has 1 atom stereocenters. The molecule has 1 heterocycles. The maximum Gasteiger partial charge on any atom is 0.238 e. The predicted molar refractivity (Wildman–Crippen MR) is 89.6 cm³/mol. The first kappa shape index (κ1) is 15.7. The van der Waals surface area contributed by atoms with E-state index < -0.39 is 6.23 Å². The minimum atomic E-state index is -0.733. The second kappa shape index (κ2) is 7.40. The molecule has 1 fully saturated rings. The van der Waals surface area contributed by atoms with Crippen molar-refractivity contribution >= 4 is 5.91 Å². The number of piperazine rings is 1. The smallest absolute Gasteiger partial charge is 0.238 e. The standard InChI is InChI=1S/C19H22N2O2/c22-18-14-20(13-17-9-5-2-6-10-17)15-19(23)21(18)12-11-16-7-3-1-4-8-16/h1-10,18,22H,11-15H2. The summed E-state index contributed by atoms with van der Waals surface area (Å²) < 4.78 is 0. The number of rotatable bonds is 5. The van der Waals surface area contributed by atoms with Crippen LogP contribution < -0.4 is 0 Å². The summed E-state index contributed by atoms with van der Waals surface area (Å²) >= 11 is 0. The van der Waals surface area contributed by atoms with Crippen LogP contribution in [0.4, 0.5) is 0 Å². The second-order valence-electron chi connectivity index (χ2n) is 5.96. The fourth-order valence-corrected chi connectivity index (χ4v) is 2.97. The number of benzene rings is 2. The third kappa shape index (κ3) is 4.18. The first-order valence-electron chi connectivity index (χ1n) is 8.00. The molecule has 0 aliphatic carbocycles. The van der Waals surface area contributed by atoms with Gasteiger partial charge in [-0.2, -0.15) is 0 Å². The lowest BCUT2D eigenvalue weighted by atomic mass is 10.1. The largest absolute Gasteiger partial charge is 0.372 e. The summed E-state index contributed by atoms with van der Waals surface area (Å²) in [5, 5.41) is 10.3. The van der Waals surface area contributed by atoms with Gasteiger partial charge in [-0.25, -0.2) is 0 Å². The van der Waals surface area contributed by atoms with E-state index in [2.05, 4.69) is 0 Å². The van der Waals surface area contributed by atoms with Gasteiger partial charge in [0.2, 0.25) is 5.91 Å². The summed E-state index contributed by atoms with van der Waals surface area (Å²) in [6.07, 6.45) is 0.0335. The average Bonchev–Trinajstić information content (AvgIpc) is 2.56. The fraction of sp³-hybridized carbons (Fsp3) is 0.316. The quantitative estimate of drug-likeness (QED) is 0.917. The molecule has 0 saturated carbocycles. The van der Waals surface area contributed by atoms with Gasteiger partial charge in [0, 0.05) is 19.6 Å². The molecule has 3 rings (SSSR count). The van der Waals surface area contributed by atoms with Crippen LogP contribution in [0.15, 0.2) is 60.7 Å². The van der Waals surface area contributed by atoms with E-state index in [1.807, 2.05) is 65.6 Å². The highest BCUT2D eigenvalue weighted by Crippen LogP contribution is 2.14. The molecule has 0 bridgehead atoms. The first-order chi connectivity index (χ1) is 11.2. The Balaban J connectivity index is 1.56. The molecule has 1 unspecified atom stereocenters. The summed E-state index contributed by atoms with van der Waals surface area (Å²) in [6.45, 7) is 2.11. The van der Waals surface area contributed by atoms with Crippen molar-refractivity contribution in [3.05, 3.63) is 71.8 Å². The zero-order valence-electron chi connectivity index (χ0n) is 13.1. The maximum absolute atomic E-state index is 12.4. The van der Waals surface area contributed by atoms with Crippen molar-refractivity contribution in [3.8, 4) is 0 Å². The van der Waals surface area contributed by atoms with Gasteiger partial charge < -0.3 is 10.0 Å². The van der Waals surface area contributed by atoms with Gasteiger partial charge >= 0.3 is 0 Å². The molecule has 1 aliphatic rings. The number of amides is 1. The molecule has 1 saturated heterocycles. The molecule has 4 nitrogen and oxygen atoms in total. The third-order valence-corrected chi connectivity index (χ3v) is 4.19. The van der Waals surface area contributed by atoms with Crippen molar-refractivity contribution in [1.29, 1.82) is 0 Å². The second-order valence-corrected chi connectivity index (χ2v) is 5.96. The Labute approximate surface area is 137 Å². The molecule has 2 aromatic rings. The van der Waals surface area contributed by atoms with Crippen molar-refractivity contribution < 1.29 is 9.90 Å². The number of hydrogen-bond acceptors (Lipinski definition) is 3. The number of aliphatic hydroxyl groups excluding tert-OH is 1. The number of nitrogens with zero attached hydrogens (tertiary/aromatic N) is 2. The van der Waals surface area contributed by atoms with Crippen LogP contribution in [0, 0.1) is 0 Å². The lowest BCUT2D eigenvalue weighted by molar-refractivity contribution is -0.152. The van der Waals surface area contributed by atoms with Crippen molar-refractivity contribution in [2.24, 2.45) is 0 Å². The molecule has 1 N–H and O–H groups in total. The van der Waals surface area contributed by atoms with Crippen LogP contribution in [0.3, 0.4) is 0 Å². The summed E-state index contributed by atoms with van der Waals surface area (Å²) in [4.78, 5) is 15.9. The zero-order valence-corrected chi connectivity index (χ0v) is 13.1. The molecule has 2 aromatic carbocycles. The monoisotopic (exact) mass is 310 g/mol. The van der Waals surface area contributed by atoms with Crippen molar-refractivity contribution in [3.63, 3.8) is 0 Å². The summed E-state index contributed by atoms with van der Waals surface area (Å²) in [5.41, 5.74) is 2.34. The topological polar surface area (TPSA) is 43.8 Å². The average molecular weight is 310 g/mol. The van der Waals surface area contributed by atoms with Gasteiger partial charge in [0.1, 0.15) is 6.23 Å². The van der Waals surface area contributed by atoms with Gasteiger partial charge in [-0.3, -0.25) is 9.69 Å². The molecule has 0 radical (unpaired) electrons. The van der Waals surface area contributed by atoms with Crippen LogP contribution >= 0.6 is 0 Å². The van der Waals surface area contributed by atoms with Crippen LogP contribution in [0.25, 0.3) is 0 Å². The van der Waals surface area contributed by atoms with Crippen LogP contribution in [0.2, 0.25) is 0 Å². The Bertz CT molecular complexity index is 630. The van der Waals surface area contributed by atoms with Gasteiger partial charge in [0.25, 0.3) is 0 Å². The van der Waals surface area contributed by atoms with Crippen molar-refractivity contribution in [1.82, 2.24) is 9.80 Å². The molecular weight excluding hydrogens is 288 g/mol. The first-order valence-corrected chi connectivity index (χ1v) is 8.00. The zero-order chi connectivity index (χ0) is 16.1. The minimum Gasteiger partial charge on any atom is -0.372 e. The summed E-state index contributed by atoms with van der Waals surface area (Å²) in [6, 6.07) is 20.1. The predicted octanol–water partition coefficient (Wildman–Crippen LogP) is 1.89. The Morgan fingerprint density at radius 3 is 2.17 bits per heavy atom. The number of carbonyl (C=O) groups excluding carboxylic acids is 1. The van der Waals surface area contributed by atoms with Gasteiger partial charge in [-0.05, 0) is 17.5 Å². The van der Waals surface area contributed by atoms with Crippen LogP contribution in [-0.4, -0.2) is 46.7 Å². The van der Waals surface area contributed by atoms with Crippen molar-refractivity contribution in [2.75, 3.05) is 19.6 Å². The van der Waals surface area contributed by atoms with Crippen molar-refractivity contribution in [2.45, 2.75) is 19.2 Å². The lowest BCUT2D eigenvalue weighted by Crippen LogP contribution is -2.56. The van der Waals surface area contributed by atoms with E-state index >= 15 is 0 Å². The van der Waals surface area contributed by atoms with Crippen LogP contribution in [0.1, 0.15) is 11.1 Å². The highest BCUT2D eigenvalue weighted by atomic mass is 16.3. The van der Waals surface area contributed by atoms with Gasteiger partial charge in [-0.15, -0.1) is 0 Å². The van der Waals surface area contributed by atoms with E-state index in [-0.39, 0.29) is 5.91 Å². The molecule has 23 heavy (non-hydrogen) atoms. The molecule has 0 spiro atoms. The summed E-state index contributed by atoms with van der Waals surface area (Å²) in [5.74, 6) is -0.00406. The van der Waals surface area contributed by atoms with Crippen LogP contribution in [0.5, 0.6) is 0 Å². The Morgan fingerprint density at radius 2 is 1.57 bits per heavy atom. The van der Waals surface area contributed by atoms with E-state index in [0.29, 0.717) is 26.2 Å². The van der Waals surface area contributed by atoms with Gasteiger partial charge in [0.05, 0.1) is 6.54 Å². The third-order valence-electron chi connectivity index (χ3n) is 4.19. The minimum absolute atomic E-state index is 0.00406. The van der Waals surface area contributed by atoms with E-state index in [0.717, 1.165) is 12.0 Å². The van der Waals surface area contributed by atoms with E-state index in [1.54, 1.807) is 4.90 Å². The SMILES string of the molecule is O=C1CN(Cc2ccccc2)CC(O)N1CCc1ccccc1. The Kier molecular flexibility index (Phi) is 5.05. The van der Waals surface area contributed by atoms with E-state index in [4.69, 9.17) is 0 Å². The lowest BCUT2D eigenvalue weighted by Gasteiger charge is -2.38. The molecule has 120 valence electrons. The normalized spacial score (nSPS) is 19.1. The van der Waals surface area contributed by atoms with Crippen LogP contribution in [-0.2, 0) is 17.8 Å². The number of β-amino-alcohol motifs (C(OH)–C–C–N with tert-alkyl or cyclic N) is 1. The molecule has 1 aliphatic heterocycles. The molecule has 1 amide bonds. The van der Waals surface area contributed by atoms with E-state index in [1.165, 1.54) is 5.56 Å².